The van der Waals surface area contributed by atoms with E-state index in [4.69, 9.17) is 4.74 Å². The summed E-state index contributed by atoms with van der Waals surface area (Å²) in [7, 11) is -3.41. The molecule has 1 amide bonds. The molecule has 1 aliphatic carbocycles. The normalized spacial score (nSPS) is 13.6. The molecule has 3 heterocycles. The van der Waals surface area contributed by atoms with Gasteiger partial charge in [0.25, 0.3) is 5.91 Å². The summed E-state index contributed by atoms with van der Waals surface area (Å²) >= 11 is 0. The smallest absolute Gasteiger partial charge is 0.270 e. The van der Waals surface area contributed by atoms with Crippen molar-refractivity contribution in [2.75, 3.05) is 6.61 Å². The monoisotopic (exact) mass is 440 g/mol. The van der Waals surface area contributed by atoms with E-state index < -0.39 is 15.7 Å². The second-order valence-corrected chi connectivity index (χ2v) is 9.06. The van der Waals surface area contributed by atoms with Gasteiger partial charge in [0.2, 0.25) is 5.88 Å². The highest BCUT2D eigenvalue weighted by atomic mass is 32.2. The van der Waals surface area contributed by atoms with E-state index in [1.54, 1.807) is 18.3 Å². The zero-order valence-electron chi connectivity index (χ0n) is 16.7. The van der Waals surface area contributed by atoms with Crippen LogP contribution in [-0.4, -0.2) is 51.1 Å². The first-order valence-corrected chi connectivity index (χ1v) is 11.3. The highest BCUT2D eigenvalue weighted by Crippen LogP contribution is 2.32. The highest BCUT2D eigenvalue weighted by molar-refractivity contribution is 7.92. The van der Waals surface area contributed by atoms with Crippen molar-refractivity contribution in [2.24, 2.45) is 0 Å². The van der Waals surface area contributed by atoms with Crippen molar-refractivity contribution in [3.63, 3.8) is 0 Å². The van der Waals surface area contributed by atoms with Crippen molar-refractivity contribution in [1.82, 2.24) is 30.2 Å². The van der Waals surface area contributed by atoms with Crippen LogP contribution in [-0.2, 0) is 16.4 Å². The quantitative estimate of drug-likeness (QED) is 0.518. The fourth-order valence-corrected chi connectivity index (χ4v) is 4.42. The van der Waals surface area contributed by atoms with Crippen LogP contribution in [0.25, 0.3) is 11.3 Å². The molecule has 0 aromatic carbocycles. The minimum Gasteiger partial charge on any atom is -0.477 e. The Morgan fingerprint density at radius 2 is 2.00 bits per heavy atom. The lowest BCUT2D eigenvalue weighted by Crippen LogP contribution is -2.24. The van der Waals surface area contributed by atoms with Crippen molar-refractivity contribution in [1.29, 1.82) is 0 Å². The topological polar surface area (TPSA) is 137 Å². The van der Waals surface area contributed by atoms with E-state index in [2.05, 4.69) is 30.2 Å². The Morgan fingerprint density at radius 3 is 2.71 bits per heavy atom. The lowest BCUT2D eigenvalue weighted by molar-refractivity contribution is 0.0945. The van der Waals surface area contributed by atoms with Crippen molar-refractivity contribution in [3.8, 4) is 17.1 Å². The first kappa shape index (κ1) is 20.8. The van der Waals surface area contributed by atoms with Crippen molar-refractivity contribution in [2.45, 2.75) is 36.6 Å². The SMILES string of the molecule is CCOc1cncc(-c2ccc(C(=O)NCc3cc(S(=O)(=O)C4CC4)ncn3)nc2)n1. The number of sulfone groups is 1. The molecule has 1 fully saturated rings. The van der Waals surface area contributed by atoms with Gasteiger partial charge < -0.3 is 10.1 Å². The summed E-state index contributed by atoms with van der Waals surface area (Å²) in [6, 6.07) is 4.68. The molecule has 0 atom stereocenters. The fraction of sp³-hybridized carbons (Fsp3) is 0.300. The van der Waals surface area contributed by atoms with Gasteiger partial charge in [-0.2, -0.15) is 0 Å². The molecule has 0 saturated heterocycles. The summed E-state index contributed by atoms with van der Waals surface area (Å²) in [6.45, 7) is 2.40. The molecule has 160 valence electrons. The van der Waals surface area contributed by atoms with E-state index >= 15 is 0 Å². The molecule has 1 saturated carbocycles. The Hall–Kier alpha value is -3.47. The third kappa shape index (κ3) is 4.82. The Balaban J connectivity index is 1.41. The molecule has 0 unspecified atom stereocenters. The minimum absolute atomic E-state index is 0.00730. The van der Waals surface area contributed by atoms with E-state index in [1.807, 2.05) is 6.92 Å². The second kappa shape index (κ2) is 8.72. The number of aromatic nitrogens is 5. The van der Waals surface area contributed by atoms with Crippen LogP contribution in [0.4, 0.5) is 0 Å². The van der Waals surface area contributed by atoms with E-state index in [-0.39, 0.29) is 22.5 Å². The molecule has 3 aromatic rings. The third-order valence-electron chi connectivity index (χ3n) is 4.58. The maximum atomic E-state index is 12.4. The van der Waals surface area contributed by atoms with Gasteiger partial charge in [-0.15, -0.1) is 0 Å². The lowest BCUT2D eigenvalue weighted by atomic mass is 10.2. The van der Waals surface area contributed by atoms with Gasteiger partial charge in [0, 0.05) is 11.8 Å². The van der Waals surface area contributed by atoms with Gasteiger partial charge in [-0.25, -0.2) is 23.4 Å². The molecule has 31 heavy (non-hydrogen) atoms. The predicted octanol–water partition coefficient (Wildman–Crippen LogP) is 1.59. The number of nitrogens with zero attached hydrogens (tertiary/aromatic N) is 5. The molecule has 1 aliphatic rings. The van der Waals surface area contributed by atoms with Gasteiger partial charge in [0.1, 0.15) is 12.0 Å². The maximum absolute atomic E-state index is 12.4. The van der Waals surface area contributed by atoms with Crippen LogP contribution in [0.3, 0.4) is 0 Å². The van der Waals surface area contributed by atoms with E-state index in [9.17, 15) is 13.2 Å². The number of carbonyl (C=O) groups is 1. The zero-order chi connectivity index (χ0) is 21.8. The number of carbonyl (C=O) groups excluding carboxylic acids is 1. The fourth-order valence-electron chi connectivity index (χ4n) is 2.82. The van der Waals surface area contributed by atoms with Gasteiger partial charge in [0.15, 0.2) is 14.9 Å². The molecule has 0 spiro atoms. The van der Waals surface area contributed by atoms with E-state index in [1.165, 1.54) is 24.8 Å². The number of nitrogens with one attached hydrogen (secondary N) is 1. The van der Waals surface area contributed by atoms with E-state index in [0.29, 0.717) is 42.3 Å². The molecule has 0 radical (unpaired) electrons. The summed E-state index contributed by atoms with van der Waals surface area (Å²) in [4.78, 5) is 32.9. The number of hydrogen-bond acceptors (Lipinski definition) is 9. The molecular weight excluding hydrogens is 420 g/mol. The first-order chi connectivity index (χ1) is 15.0. The molecule has 4 rings (SSSR count). The highest BCUT2D eigenvalue weighted by Gasteiger charge is 2.38. The Morgan fingerprint density at radius 1 is 1.16 bits per heavy atom. The van der Waals surface area contributed by atoms with Crippen molar-refractivity contribution in [3.05, 3.63) is 54.5 Å². The lowest BCUT2D eigenvalue weighted by Gasteiger charge is -2.07. The van der Waals surface area contributed by atoms with Gasteiger partial charge >= 0.3 is 0 Å². The number of pyridine rings is 1. The Kier molecular flexibility index (Phi) is 5.85. The molecule has 10 nitrogen and oxygen atoms in total. The van der Waals surface area contributed by atoms with Gasteiger partial charge in [-0.3, -0.25) is 14.8 Å². The number of rotatable bonds is 8. The Bertz CT molecular complexity index is 1200. The molecule has 0 bridgehead atoms. The van der Waals surface area contributed by atoms with E-state index in [0.717, 1.165) is 0 Å². The maximum Gasteiger partial charge on any atom is 0.270 e. The van der Waals surface area contributed by atoms with Gasteiger partial charge in [0.05, 0.1) is 42.2 Å². The number of amides is 1. The zero-order valence-corrected chi connectivity index (χ0v) is 17.5. The Labute approximate surface area is 179 Å². The van der Waals surface area contributed by atoms with Gasteiger partial charge in [-0.05, 0) is 38.0 Å². The van der Waals surface area contributed by atoms with Gasteiger partial charge in [-0.1, -0.05) is 0 Å². The predicted molar refractivity (Wildman–Crippen MR) is 110 cm³/mol. The minimum atomic E-state index is -3.41. The molecule has 1 N–H and O–H groups in total. The summed E-state index contributed by atoms with van der Waals surface area (Å²) in [5.41, 5.74) is 1.88. The van der Waals surface area contributed by atoms with Crippen LogP contribution >= 0.6 is 0 Å². The van der Waals surface area contributed by atoms with Crippen LogP contribution in [0.5, 0.6) is 5.88 Å². The van der Waals surface area contributed by atoms with Crippen LogP contribution in [0.1, 0.15) is 35.9 Å². The number of ether oxygens (including phenoxy) is 1. The standard InChI is InChI=1S/C20H20N6O4S/c1-2-30-18-11-21-10-17(26-18)13-3-6-16(22-8-13)20(27)23-9-14-7-19(25-12-24-14)31(28,29)15-4-5-15/h3,6-8,10-12,15H,2,4-5,9H2,1H3,(H,23,27). The number of hydrogen-bond donors (Lipinski definition) is 1. The van der Waals surface area contributed by atoms with Crippen LogP contribution in [0.2, 0.25) is 0 Å². The molecular formula is C20H20N6O4S. The van der Waals surface area contributed by atoms with Crippen molar-refractivity contribution >= 4 is 15.7 Å². The largest absolute Gasteiger partial charge is 0.477 e. The third-order valence-corrected chi connectivity index (χ3v) is 6.74. The summed E-state index contributed by atoms with van der Waals surface area (Å²) in [5.74, 6) is 0.000605. The second-order valence-electron chi connectivity index (χ2n) is 6.88. The van der Waals surface area contributed by atoms with Crippen LogP contribution in [0, 0.1) is 0 Å². The average Bonchev–Trinajstić information content (AvgIpc) is 3.64. The van der Waals surface area contributed by atoms with Crippen LogP contribution < -0.4 is 10.1 Å². The molecule has 3 aromatic heterocycles. The first-order valence-electron chi connectivity index (χ1n) is 9.71. The summed E-state index contributed by atoms with van der Waals surface area (Å²) in [6.07, 6.45) is 7.14. The molecule has 0 aliphatic heterocycles. The summed E-state index contributed by atoms with van der Waals surface area (Å²) in [5, 5.41) is 2.33. The van der Waals surface area contributed by atoms with Crippen molar-refractivity contribution < 1.29 is 17.9 Å². The summed E-state index contributed by atoms with van der Waals surface area (Å²) < 4.78 is 30.0. The van der Waals surface area contributed by atoms with Crippen LogP contribution in [0.15, 0.2) is 48.1 Å². The average molecular weight is 440 g/mol. The molecule has 11 heteroatoms.